The maximum atomic E-state index is 13.0. The maximum absolute atomic E-state index is 13.0. The Morgan fingerprint density at radius 1 is 0.909 bits per heavy atom. The number of nitrogens with zero attached hydrogens (tertiary/aromatic N) is 2. The molecule has 0 bridgehead atoms. The number of hydrogen-bond acceptors (Lipinski definition) is 5. The average Bonchev–Trinajstić information content (AvgIpc) is 3.49. The predicted octanol–water partition coefficient (Wildman–Crippen LogP) is 7.25. The zero-order chi connectivity index (χ0) is 31.5. The number of ketones is 2. The Morgan fingerprint density at radius 3 is 2.32 bits per heavy atom. The molecule has 2 heterocycles. The number of benzene rings is 2. The van der Waals surface area contributed by atoms with Gasteiger partial charge in [0.1, 0.15) is 5.60 Å². The monoisotopic (exact) mass is 606 g/mol. The first kappa shape index (κ1) is 31.6. The van der Waals surface area contributed by atoms with Gasteiger partial charge < -0.3 is 10.0 Å². The molecule has 1 atom stereocenters. The van der Waals surface area contributed by atoms with Crippen LogP contribution < -0.4 is 0 Å². The fourth-order valence-electron chi connectivity index (χ4n) is 6.52. The first-order chi connectivity index (χ1) is 20.9. The lowest BCUT2D eigenvalue weighted by Gasteiger charge is -2.36. The van der Waals surface area contributed by atoms with Crippen LogP contribution in [0, 0.1) is 11.8 Å². The Labute approximate surface area is 255 Å². The normalized spacial score (nSPS) is 22.2. The van der Waals surface area contributed by atoms with Gasteiger partial charge in [-0.25, -0.2) is 0 Å². The summed E-state index contributed by atoms with van der Waals surface area (Å²) in [6.45, 7) is 2.77. The molecule has 2 fully saturated rings. The number of carbonyl (C=O) groups is 3. The molecule has 6 nitrogen and oxygen atoms in total. The van der Waals surface area contributed by atoms with Gasteiger partial charge in [-0.1, -0.05) is 36.4 Å². The van der Waals surface area contributed by atoms with Gasteiger partial charge in [-0.3, -0.25) is 19.4 Å². The van der Waals surface area contributed by atoms with Crippen LogP contribution >= 0.6 is 0 Å². The van der Waals surface area contributed by atoms with E-state index in [-0.39, 0.29) is 30.1 Å². The molecule has 5 rings (SSSR count). The zero-order valence-electron chi connectivity index (χ0n) is 24.8. The highest BCUT2D eigenvalue weighted by atomic mass is 19.4. The van der Waals surface area contributed by atoms with Crippen molar-refractivity contribution in [1.29, 1.82) is 0 Å². The molecule has 0 spiro atoms. The summed E-state index contributed by atoms with van der Waals surface area (Å²) in [6, 6.07) is 15.5. The molecular weight excluding hydrogens is 569 g/mol. The smallest absolute Gasteiger partial charge is 0.384 e. The minimum absolute atomic E-state index is 0.00312. The summed E-state index contributed by atoms with van der Waals surface area (Å²) >= 11 is 0. The van der Waals surface area contributed by atoms with E-state index in [9.17, 15) is 32.7 Å². The zero-order valence-corrected chi connectivity index (χ0v) is 24.8. The van der Waals surface area contributed by atoms with E-state index in [4.69, 9.17) is 0 Å². The number of carbonyl (C=O) groups excluding carboxylic acids is 3. The molecule has 9 heteroatoms. The van der Waals surface area contributed by atoms with Crippen molar-refractivity contribution in [2.75, 3.05) is 13.1 Å². The summed E-state index contributed by atoms with van der Waals surface area (Å²) in [6.07, 6.45) is 1.84. The highest BCUT2D eigenvalue weighted by Gasteiger charge is 2.38. The number of aromatic nitrogens is 1. The molecule has 3 aromatic rings. The molecule has 1 aliphatic heterocycles. The summed E-state index contributed by atoms with van der Waals surface area (Å²) in [4.78, 5) is 43.3. The van der Waals surface area contributed by atoms with E-state index in [2.05, 4.69) is 4.98 Å². The van der Waals surface area contributed by atoms with E-state index in [0.717, 1.165) is 48.9 Å². The summed E-state index contributed by atoms with van der Waals surface area (Å²) in [5.41, 5.74) is 1.19. The molecule has 1 N–H and O–H groups in total. The highest BCUT2D eigenvalue weighted by molar-refractivity contribution is 5.98. The van der Waals surface area contributed by atoms with Crippen molar-refractivity contribution in [3.05, 3.63) is 89.2 Å². The van der Waals surface area contributed by atoms with E-state index >= 15 is 0 Å². The molecule has 1 saturated heterocycles. The van der Waals surface area contributed by atoms with Gasteiger partial charge in [0.05, 0.1) is 11.3 Å². The van der Waals surface area contributed by atoms with Crippen LogP contribution in [0.4, 0.5) is 13.2 Å². The van der Waals surface area contributed by atoms with Crippen molar-refractivity contribution >= 4 is 17.5 Å². The van der Waals surface area contributed by atoms with Gasteiger partial charge >= 0.3 is 6.18 Å². The van der Waals surface area contributed by atoms with Crippen LogP contribution in [0.25, 0.3) is 11.1 Å². The molecule has 1 amide bonds. The molecular formula is C35H37F3N2O4. The third-order valence-electron chi connectivity index (χ3n) is 9.16. The van der Waals surface area contributed by atoms with Crippen LogP contribution in [0.1, 0.15) is 90.3 Å². The second-order valence-electron chi connectivity index (χ2n) is 12.3. The van der Waals surface area contributed by atoms with Gasteiger partial charge in [0.25, 0.3) is 0 Å². The molecule has 1 unspecified atom stereocenters. The number of rotatable bonds is 9. The van der Waals surface area contributed by atoms with Crippen molar-refractivity contribution in [3.63, 3.8) is 0 Å². The third-order valence-corrected chi connectivity index (χ3v) is 9.16. The van der Waals surface area contributed by atoms with E-state index < -0.39 is 23.1 Å². The topological polar surface area (TPSA) is 87.6 Å². The highest BCUT2D eigenvalue weighted by Crippen LogP contribution is 2.42. The third kappa shape index (κ3) is 7.44. The molecule has 44 heavy (non-hydrogen) atoms. The van der Waals surface area contributed by atoms with Crippen LogP contribution in [0.5, 0.6) is 0 Å². The Hall–Kier alpha value is -3.85. The van der Waals surface area contributed by atoms with Crippen LogP contribution in [-0.4, -0.2) is 45.6 Å². The van der Waals surface area contributed by atoms with E-state index in [1.165, 1.54) is 19.1 Å². The van der Waals surface area contributed by atoms with Crippen molar-refractivity contribution in [2.45, 2.75) is 70.1 Å². The minimum Gasteiger partial charge on any atom is -0.384 e. The quantitative estimate of drug-likeness (QED) is 0.259. The van der Waals surface area contributed by atoms with Crippen LogP contribution in [0.2, 0.25) is 0 Å². The fraction of sp³-hybridized carbons (Fsp3) is 0.429. The van der Waals surface area contributed by atoms with E-state index in [1.54, 1.807) is 17.2 Å². The Morgan fingerprint density at radius 2 is 1.64 bits per heavy atom. The summed E-state index contributed by atoms with van der Waals surface area (Å²) in [5, 5.41) is 11.4. The van der Waals surface area contributed by atoms with E-state index in [0.29, 0.717) is 49.0 Å². The van der Waals surface area contributed by atoms with Gasteiger partial charge in [-0.05, 0) is 87.1 Å². The lowest BCUT2D eigenvalue weighted by atomic mass is 9.74. The maximum Gasteiger partial charge on any atom is 0.416 e. The largest absolute Gasteiger partial charge is 0.416 e. The van der Waals surface area contributed by atoms with Crippen molar-refractivity contribution in [3.8, 4) is 11.1 Å². The Bertz CT molecular complexity index is 1510. The van der Waals surface area contributed by atoms with E-state index in [1.807, 2.05) is 30.3 Å². The molecule has 2 aromatic carbocycles. The van der Waals surface area contributed by atoms with Crippen molar-refractivity contribution in [1.82, 2.24) is 9.88 Å². The molecule has 232 valence electrons. The SMILES string of the molecule is CC(=O)c1cccc(-c2ccc(C3(O)CCC(CC4CCN(C(=O)CCC(=O)c5cccc(C(F)(F)F)c5)C4)CC3)nc2)c1. The number of pyridine rings is 1. The Balaban J connectivity index is 1.08. The number of aliphatic hydroxyl groups is 1. The number of amides is 1. The fourth-order valence-corrected chi connectivity index (χ4v) is 6.52. The van der Waals surface area contributed by atoms with Gasteiger partial charge in [0.15, 0.2) is 11.6 Å². The first-order valence-electron chi connectivity index (χ1n) is 15.2. The lowest BCUT2D eigenvalue weighted by molar-refractivity contribution is -0.137. The summed E-state index contributed by atoms with van der Waals surface area (Å²) < 4.78 is 38.9. The summed E-state index contributed by atoms with van der Waals surface area (Å²) in [5.74, 6) is 0.168. The van der Waals surface area contributed by atoms with Gasteiger partial charge in [-0.15, -0.1) is 0 Å². The minimum atomic E-state index is -4.53. The number of alkyl halides is 3. The van der Waals surface area contributed by atoms with Gasteiger partial charge in [0, 0.05) is 48.8 Å². The van der Waals surface area contributed by atoms with Crippen molar-refractivity contribution in [2.24, 2.45) is 11.8 Å². The number of hydrogen-bond donors (Lipinski definition) is 1. The Kier molecular flexibility index (Phi) is 9.34. The number of Topliss-reactive ketones (excluding diaryl/α,β-unsaturated/α-hetero) is 2. The first-order valence-corrected chi connectivity index (χ1v) is 15.2. The molecule has 1 aliphatic carbocycles. The number of halogens is 3. The van der Waals surface area contributed by atoms with Crippen LogP contribution in [0.3, 0.4) is 0 Å². The predicted molar refractivity (Wildman–Crippen MR) is 160 cm³/mol. The summed E-state index contributed by atoms with van der Waals surface area (Å²) in [7, 11) is 0. The molecule has 2 aliphatic rings. The second-order valence-corrected chi connectivity index (χ2v) is 12.3. The number of likely N-dealkylation sites (tertiary alicyclic amines) is 1. The molecule has 0 radical (unpaired) electrons. The van der Waals surface area contributed by atoms with Crippen LogP contribution in [-0.2, 0) is 16.6 Å². The van der Waals surface area contributed by atoms with Gasteiger partial charge in [-0.2, -0.15) is 13.2 Å². The molecule has 1 aromatic heterocycles. The average molecular weight is 607 g/mol. The standard InChI is InChI=1S/C35H37F3N2O4/c1-23(41)26-4-2-5-27(19-26)29-8-10-32(39-21-29)34(44)15-12-24(13-16-34)18-25-14-17-40(22-25)33(43)11-9-31(42)28-6-3-7-30(20-28)35(36,37)38/h2-8,10,19-21,24-25,44H,9,11-18,22H2,1H3. The van der Waals surface area contributed by atoms with Crippen LogP contribution in [0.15, 0.2) is 66.9 Å². The lowest BCUT2D eigenvalue weighted by Crippen LogP contribution is -2.33. The second kappa shape index (κ2) is 13.0. The molecule has 1 saturated carbocycles. The van der Waals surface area contributed by atoms with Crippen molar-refractivity contribution < 1.29 is 32.7 Å². The van der Waals surface area contributed by atoms with Gasteiger partial charge in [0.2, 0.25) is 5.91 Å².